The fraction of sp³-hybridized carbons (Fsp3) is 0.600. The summed E-state index contributed by atoms with van der Waals surface area (Å²) in [5, 5.41) is 0. The Hall–Kier alpha value is 0.220. The van der Waals surface area contributed by atoms with Crippen LogP contribution in [0.4, 0.5) is 0 Å². The standard InChI is InChI=1S/C5H7Br/c1-3-4(2)5(3)6/h3H,1-2H3. The average molecular weight is 147 g/mol. The highest BCUT2D eigenvalue weighted by atomic mass is 79.9. The van der Waals surface area contributed by atoms with Gasteiger partial charge in [-0.3, -0.25) is 0 Å². The Morgan fingerprint density at radius 3 is 1.83 bits per heavy atom. The van der Waals surface area contributed by atoms with Crippen molar-refractivity contribution in [1.29, 1.82) is 0 Å². The Kier molecular flexibility index (Phi) is 0.798. The Balaban J connectivity index is 2.54. The van der Waals surface area contributed by atoms with Gasteiger partial charge in [0.25, 0.3) is 0 Å². The largest absolute Gasteiger partial charge is 0.0550 e. The zero-order valence-corrected chi connectivity index (χ0v) is 5.54. The molecule has 0 heterocycles. The van der Waals surface area contributed by atoms with E-state index < -0.39 is 0 Å². The van der Waals surface area contributed by atoms with Crippen LogP contribution in [-0.2, 0) is 0 Å². The van der Waals surface area contributed by atoms with Gasteiger partial charge in [-0.15, -0.1) is 0 Å². The van der Waals surface area contributed by atoms with Gasteiger partial charge in [-0.25, -0.2) is 0 Å². The van der Waals surface area contributed by atoms with E-state index in [1.165, 1.54) is 10.1 Å². The summed E-state index contributed by atoms with van der Waals surface area (Å²) in [6.45, 7) is 4.34. The van der Waals surface area contributed by atoms with Crippen molar-refractivity contribution in [2.75, 3.05) is 0 Å². The van der Waals surface area contributed by atoms with Crippen LogP contribution in [0.25, 0.3) is 0 Å². The smallest absolute Gasteiger partial charge is 0.00941 e. The summed E-state index contributed by atoms with van der Waals surface area (Å²) >= 11 is 3.39. The van der Waals surface area contributed by atoms with Crippen molar-refractivity contribution in [2.24, 2.45) is 5.92 Å². The second kappa shape index (κ2) is 1.09. The van der Waals surface area contributed by atoms with Crippen molar-refractivity contribution < 1.29 is 0 Å². The molecule has 1 heteroatoms. The third-order valence-corrected chi connectivity index (χ3v) is 2.64. The van der Waals surface area contributed by atoms with Gasteiger partial charge in [-0.2, -0.15) is 0 Å². The predicted octanol–water partition coefficient (Wildman–Crippen LogP) is 2.31. The van der Waals surface area contributed by atoms with Gasteiger partial charge < -0.3 is 0 Å². The maximum Gasteiger partial charge on any atom is 0.00941 e. The summed E-state index contributed by atoms with van der Waals surface area (Å²) in [6.07, 6.45) is 0. The number of halogens is 1. The lowest BCUT2D eigenvalue weighted by molar-refractivity contribution is 1.03. The molecule has 1 aliphatic rings. The quantitative estimate of drug-likeness (QED) is 0.493. The fourth-order valence-corrected chi connectivity index (χ4v) is 1.01. The van der Waals surface area contributed by atoms with E-state index in [1.807, 2.05) is 0 Å². The molecule has 1 rings (SSSR count). The third-order valence-electron chi connectivity index (χ3n) is 1.32. The Bertz CT molecular complexity index is 90.5. The van der Waals surface area contributed by atoms with Crippen LogP contribution in [0, 0.1) is 5.92 Å². The molecular weight excluding hydrogens is 140 g/mol. The molecule has 0 aliphatic heterocycles. The van der Waals surface area contributed by atoms with E-state index in [0.717, 1.165) is 5.92 Å². The summed E-state index contributed by atoms with van der Waals surface area (Å²) in [5.74, 6) is 0.769. The fourth-order valence-electron chi connectivity index (χ4n) is 0.436. The van der Waals surface area contributed by atoms with Crippen molar-refractivity contribution in [3.05, 3.63) is 10.1 Å². The molecule has 0 aromatic rings. The molecule has 0 bridgehead atoms. The van der Waals surface area contributed by atoms with Crippen LogP contribution in [0.5, 0.6) is 0 Å². The summed E-state index contributed by atoms with van der Waals surface area (Å²) < 4.78 is 1.41. The summed E-state index contributed by atoms with van der Waals surface area (Å²) in [4.78, 5) is 0. The molecule has 0 nitrogen and oxygen atoms in total. The number of hydrogen-bond donors (Lipinski definition) is 0. The number of hydrogen-bond acceptors (Lipinski definition) is 0. The minimum atomic E-state index is 0.769. The van der Waals surface area contributed by atoms with Crippen molar-refractivity contribution >= 4 is 15.9 Å². The third kappa shape index (κ3) is 0.419. The van der Waals surface area contributed by atoms with Gasteiger partial charge in [-0.1, -0.05) is 28.4 Å². The number of rotatable bonds is 0. The van der Waals surface area contributed by atoms with E-state index >= 15 is 0 Å². The lowest BCUT2D eigenvalue weighted by Crippen LogP contribution is -1.60. The Morgan fingerprint density at radius 1 is 1.67 bits per heavy atom. The monoisotopic (exact) mass is 146 g/mol. The van der Waals surface area contributed by atoms with Crippen molar-refractivity contribution in [1.82, 2.24) is 0 Å². The zero-order valence-electron chi connectivity index (χ0n) is 3.96. The molecule has 34 valence electrons. The summed E-state index contributed by atoms with van der Waals surface area (Å²) in [7, 11) is 0. The maximum atomic E-state index is 3.39. The van der Waals surface area contributed by atoms with E-state index in [2.05, 4.69) is 29.8 Å². The minimum Gasteiger partial charge on any atom is -0.0550 e. The van der Waals surface area contributed by atoms with Crippen molar-refractivity contribution in [3.63, 3.8) is 0 Å². The molecule has 0 fully saturated rings. The van der Waals surface area contributed by atoms with Gasteiger partial charge in [0.1, 0.15) is 0 Å². The first-order valence-corrected chi connectivity index (χ1v) is 2.89. The van der Waals surface area contributed by atoms with Gasteiger partial charge in [0, 0.05) is 10.4 Å². The van der Waals surface area contributed by atoms with Crippen molar-refractivity contribution in [2.45, 2.75) is 13.8 Å². The van der Waals surface area contributed by atoms with Crippen LogP contribution in [0.3, 0.4) is 0 Å². The molecule has 0 aromatic heterocycles. The van der Waals surface area contributed by atoms with E-state index in [-0.39, 0.29) is 0 Å². The molecule has 1 atom stereocenters. The molecule has 1 unspecified atom stereocenters. The van der Waals surface area contributed by atoms with Crippen LogP contribution in [0.15, 0.2) is 10.1 Å². The first-order chi connectivity index (χ1) is 2.73. The van der Waals surface area contributed by atoms with Crippen molar-refractivity contribution in [3.8, 4) is 0 Å². The molecule has 0 radical (unpaired) electrons. The zero-order chi connectivity index (χ0) is 4.73. The van der Waals surface area contributed by atoms with Crippen LogP contribution < -0.4 is 0 Å². The van der Waals surface area contributed by atoms with Crippen LogP contribution in [0.1, 0.15) is 13.8 Å². The minimum absolute atomic E-state index is 0.769. The SMILES string of the molecule is CC1=C(Br)C1C. The summed E-state index contributed by atoms with van der Waals surface area (Å²) in [6, 6.07) is 0. The van der Waals surface area contributed by atoms with Crippen LogP contribution >= 0.6 is 15.9 Å². The van der Waals surface area contributed by atoms with E-state index in [4.69, 9.17) is 0 Å². The van der Waals surface area contributed by atoms with Gasteiger partial charge >= 0.3 is 0 Å². The van der Waals surface area contributed by atoms with Gasteiger partial charge in [0.2, 0.25) is 0 Å². The highest BCUT2D eigenvalue weighted by Crippen LogP contribution is 2.42. The lowest BCUT2D eigenvalue weighted by atomic mass is 10.4. The lowest BCUT2D eigenvalue weighted by Gasteiger charge is -1.71. The van der Waals surface area contributed by atoms with Crippen LogP contribution in [0.2, 0.25) is 0 Å². The second-order valence-electron chi connectivity index (χ2n) is 1.75. The molecule has 0 saturated carbocycles. The first-order valence-electron chi connectivity index (χ1n) is 2.09. The molecule has 0 saturated heterocycles. The highest BCUT2D eigenvalue weighted by Gasteiger charge is 2.24. The second-order valence-corrected chi connectivity index (χ2v) is 2.61. The molecule has 0 amide bonds. The van der Waals surface area contributed by atoms with Gasteiger partial charge in [0.05, 0.1) is 0 Å². The normalized spacial score (nSPS) is 31.5. The molecule has 0 spiro atoms. The van der Waals surface area contributed by atoms with E-state index in [9.17, 15) is 0 Å². The van der Waals surface area contributed by atoms with E-state index in [1.54, 1.807) is 0 Å². The number of allylic oxidation sites excluding steroid dienone is 2. The molecule has 1 aliphatic carbocycles. The van der Waals surface area contributed by atoms with E-state index in [0.29, 0.717) is 0 Å². The van der Waals surface area contributed by atoms with Gasteiger partial charge in [-0.05, 0) is 6.92 Å². The molecule has 6 heavy (non-hydrogen) atoms. The van der Waals surface area contributed by atoms with Gasteiger partial charge in [0.15, 0.2) is 0 Å². The first kappa shape index (κ1) is 4.38. The highest BCUT2D eigenvalue weighted by molar-refractivity contribution is 9.12. The topological polar surface area (TPSA) is 0 Å². The average Bonchev–Trinajstić information content (AvgIpc) is 1.94. The molecule has 0 aromatic carbocycles. The Morgan fingerprint density at radius 2 is 1.83 bits per heavy atom. The Labute approximate surface area is 46.4 Å². The van der Waals surface area contributed by atoms with Crippen LogP contribution in [-0.4, -0.2) is 0 Å². The molecular formula is C5H7Br. The predicted molar refractivity (Wildman–Crippen MR) is 30.8 cm³/mol. The molecule has 0 N–H and O–H groups in total. The summed E-state index contributed by atoms with van der Waals surface area (Å²) in [5.41, 5.74) is 1.51. The maximum absolute atomic E-state index is 3.39.